The summed E-state index contributed by atoms with van der Waals surface area (Å²) < 4.78 is 47.5. The van der Waals surface area contributed by atoms with Crippen molar-refractivity contribution in [1.82, 2.24) is 0 Å². The van der Waals surface area contributed by atoms with Gasteiger partial charge in [0.05, 0.1) is 0 Å². The molecule has 0 rings (SSSR count). The molecular weight excluding hydrogens is 167 g/mol. The van der Waals surface area contributed by atoms with Crippen molar-refractivity contribution in [3.05, 3.63) is 0 Å². The van der Waals surface area contributed by atoms with E-state index < -0.39 is 14.7 Å². The Kier molecular flexibility index (Phi) is 6.11. The van der Waals surface area contributed by atoms with Crippen molar-refractivity contribution in [2.24, 2.45) is 0 Å². The predicted octanol–water partition coefficient (Wildman–Crippen LogP) is 0.836. The van der Waals surface area contributed by atoms with Gasteiger partial charge in [-0.25, -0.2) is 0 Å². The second kappa shape index (κ2) is 4.72. The van der Waals surface area contributed by atoms with E-state index in [0.717, 1.165) is 0 Å². The predicted molar refractivity (Wildman–Crippen MR) is 20.6 cm³/mol. The summed E-state index contributed by atoms with van der Waals surface area (Å²) in [5, 5.41) is 0. The van der Waals surface area contributed by atoms with E-state index in [1.807, 2.05) is 0 Å². The Hall–Kier alpha value is -0.130. The molecule has 3 nitrogen and oxygen atoms in total. The van der Waals surface area contributed by atoms with E-state index in [1.54, 1.807) is 0 Å². The fourth-order valence-electron chi connectivity index (χ4n) is 0. The van der Waals surface area contributed by atoms with Crippen LogP contribution >= 0.6 is 8.25 Å². The molecule has 0 aromatic heterocycles. The summed E-state index contributed by atoms with van der Waals surface area (Å²) in [4.78, 5) is 14.3. The third-order valence-corrected chi connectivity index (χ3v) is 0. The second-order valence-corrected chi connectivity index (χ2v) is 1.28. The minimum absolute atomic E-state index is 3.13. The third-order valence-electron chi connectivity index (χ3n) is 0. The van der Waals surface area contributed by atoms with E-state index in [-0.39, 0.29) is 0 Å². The Morgan fingerprint density at radius 2 is 1.11 bits per heavy atom. The molecule has 0 atom stereocenters. The standard InChI is InChI=1S/CF4.H3O3P/c2-1(3,4)5;1-4(2)3/h;4H,(H2,1,2,3). The van der Waals surface area contributed by atoms with Crippen LogP contribution in [0.4, 0.5) is 17.6 Å². The van der Waals surface area contributed by atoms with E-state index in [2.05, 4.69) is 0 Å². The van der Waals surface area contributed by atoms with Crippen LogP contribution in [0, 0.1) is 0 Å². The van der Waals surface area contributed by atoms with Gasteiger partial charge in [0.1, 0.15) is 0 Å². The first-order valence-electron chi connectivity index (χ1n) is 1.41. The summed E-state index contributed by atoms with van der Waals surface area (Å²) in [6, 6.07) is 0. The lowest BCUT2D eigenvalue weighted by atomic mass is 11.5. The quantitative estimate of drug-likeness (QED) is 0.418. The molecule has 9 heavy (non-hydrogen) atoms. The van der Waals surface area contributed by atoms with Gasteiger partial charge < -0.3 is 9.79 Å². The van der Waals surface area contributed by atoms with Gasteiger partial charge in [-0.1, -0.05) is 0 Å². The highest BCUT2D eigenvalue weighted by molar-refractivity contribution is 7.30. The molecule has 8 heteroatoms. The minimum Gasteiger partial charge on any atom is -0.326 e. The molecule has 0 spiro atoms. The van der Waals surface area contributed by atoms with Gasteiger partial charge in [0.2, 0.25) is 0 Å². The van der Waals surface area contributed by atoms with Gasteiger partial charge in [0.15, 0.2) is 0 Å². The summed E-state index contributed by atoms with van der Waals surface area (Å²) >= 11 is 0. The van der Waals surface area contributed by atoms with Crippen molar-refractivity contribution in [1.29, 1.82) is 0 Å². The fourth-order valence-corrected chi connectivity index (χ4v) is 0. The van der Waals surface area contributed by atoms with Crippen molar-refractivity contribution in [2.75, 3.05) is 0 Å². The zero-order valence-corrected chi connectivity index (χ0v) is 4.81. The molecule has 0 heterocycles. The van der Waals surface area contributed by atoms with Gasteiger partial charge in [-0.15, -0.1) is 17.6 Å². The van der Waals surface area contributed by atoms with Crippen LogP contribution in [0.15, 0.2) is 0 Å². The van der Waals surface area contributed by atoms with Gasteiger partial charge in [0, 0.05) is 0 Å². The Morgan fingerprint density at radius 1 is 1.11 bits per heavy atom. The van der Waals surface area contributed by atoms with Crippen molar-refractivity contribution < 1.29 is 31.9 Å². The third kappa shape index (κ3) is 16000. The van der Waals surface area contributed by atoms with E-state index >= 15 is 0 Å². The largest absolute Gasteiger partial charge is 0.559 e. The molecule has 2 N–H and O–H groups in total. The molecule has 0 aliphatic carbocycles. The topological polar surface area (TPSA) is 57.5 Å². The highest BCUT2D eigenvalue weighted by Crippen LogP contribution is 2.13. The van der Waals surface area contributed by atoms with Crippen molar-refractivity contribution in [3.8, 4) is 0 Å². The van der Waals surface area contributed by atoms with Gasteiger partial charge in [-0.2, -0.15) is 0 Å². The SMILES string of the molecule is FC(F)(F)F.O=[PH](O)O. The zero-order chi connectivity index (χ0) is 8.08. The van der Waals surface area contributed by atoms with E-state index in [9.17, 15) is 17.6 Å². The number of hydrogen-bond acceptors (Lipinski definition) is 1. The molecule has 0 aromatic rings. The molecule has 0 aromatic carbocycles. The molecule has 0 aliphatic rings. The average Bonchev–Trinajstić information content (AvgIpc) is 1.19. The molecule has 0 bridgehead atoms. The molecule has 0 amide bonds. The Bertz CT molecular complexity index is 78.3. The first kappa shape index (κ1) is 11.6. The van der Waals surface area contributed by atoms with E-state index in [0.29, 0.717) is 0 Å². The highest BCUT2D eigenvalue weighted by atomic mass is 31.1. The molecule has 0 saturated heterocycles. The summed E-state index contributed by atoms with van der Waals surface area (Å²) in [7, 11) is -3.13. The van der Waals surface area contributed by atoms with Crippen LogP contribution < -0.4 is 0 Å². The van der Waals surface area contributed by atoms with Crippen LogP contribution in [0.3, 0.4) is 0 Å². The lowest BCUT2D eigenvalue weighted by Crippen LogP contribution is -1.92. The number of halogens is 4. The van der Waals surface area contributed by atoms with Crippen molar-refractivity contribution in [2.45, 2.75) is 6.43 Å². The lowest BCUT2D eigenvalue weighted by Gasteiger charge is -1.82. The monoisotopic (exact) mass is 170 g/mol. The normalized spacial score (nSPS) is 10.6. The molecule has 58 valence electrons. The van der Waals surface area contributed by atoms with Crippen molar-refractivity contribution in [3.63, 3.8) is 0 Å². The summed E-state index contributed by atoms with van der Waals surface area (Å²) in [6.45, 7) is 0. The van der Waals surface area contributed by atoms with Gasteiger partial charge in [-0.05, 0) is 0 Å². The first-order valence-corrected chi connectivity index (χ1v) is 2.71. The maximum absolute atomic E-state index is 9.69. The summed E-state index contributed by atoms with van der Waals surface area (Å²) in [5.74, 6) is 0. The number of hydrogen-bond donors (Lipinski definition) is 2. The molecule has 0 radical (unpaired) electrons. The Labute approximate surface area is 47.9 Å². The lowest BCUT2D eigenvalue weighted by molar-refractivity contribution is -0.237. The Balaban J connectivity index is 0. The molecule has 0 fully saturated rings. The van der Waals surface area contributed by atoms with Gasteiger partial charge >= 0.3 is 14.7 Å². The molecule has 0 aliphatic heterocycles. The van der Waals surface area contributed by atoms with Crippen LogP contribution in [0.25, 0.3) is 0 Å². The summed E-state index contributed by atoms with van der Waals surface area (Å²) in [5.41, 5.74) is 0. The maximum Gasteiger partial charge on any atom is 0.559 e. The first-order chi connectivity index (χ1) is 3.73. The zero-order valence-electron chi connectivity index (χ0n) is 3.81. The summed E-state index contributed by atoms with van der Waals surface area (Å²) in [6.07, 6.45) is -5.50. The fraction of sp³-hybridized carbons (Fsp3) is 1.00. The van der Waals surface area contributed by atoms with Crippen LogP contribution in [0.5, 0.6) is 0 Å². The van der Waals surface area contributed by atoms with Gasteiger partial charge in [-0.3, -0.25) is 4.57 Å². The van der Waals surface area contributed by atoms with Crippen LogP contribution in [0.2, 0.25) is 0 Å². The van der Waals surface area contributed by atoms with Crippen LogP contribution in [-0.4, -0.2) is 16.2 Å². The highest BCUT2D eigenvalue weighted by Gasteiger charge is 2.24. The molecule has 0 unspecified atom stereocenters. The number of alkyl halides is 4. The second-order valence-electron chi connectivity index (χ2n) is 0.711. The van der Waals surface area contributed by atoms with E-state index in [4.69, 9.17) is 14.4 Å². The smallest absolute Gasteiger partial charge is 0.326 e. The molecular formula is CH3F4O3P. The van der Waals surface area contributed by atoms with E-state index in [1.165, 1.54) is 0 Å². The maximum atomic E-state index is 9.69. The van der Waals surface area contributed by atoms with Gasteiger partial charge in [0.25, 0.3) is 0 Å². The average molecular weight is 170 g/mol. The Morgan fingerprint density at radius 3 is 1.11 bits per heavy atom. The van der Waals surface area contributed by atoms with Crippen molar-refractivity contribution >= 4 is 8.25 Å². The molecule has 0 saturated carbocycles. The number of rotatable bonds is 0. The minimum atomic E-state index is -5.50. The van der Waals surface area contributed by atoms with Crippen LogP contribution in [0.1, 0.15) is 0 Å². The van der Waals surface area contributed by atoms with Crippen LogP contribution in [-0.2, 0) is 4.57 Å².